The molecule has 0 spiro atoms. The number of nitrogens with zero attached hydrogens (tertiary/aromatic N) is 2. The number of ketones is 1. The monoisotopic (exact) mass is 507 g/mol. The molecule has 36 heavy (non-hydrogen) atoms. The Morgan fingerprint density at radius 2 is 1.78 bits per heavy atom. The van der Waals surface area contributed by atoms with Gasteiger partial charge in [-0.05, 0) is 43.5 Å². The lowest BCUT2D eigenvalue weighted by atomic mass is 9.94. The van der Waals surface area contributed by atoms with Crippen LogP contribution in [0.15, 0.2) is 30.6 Å². The number of hydrogen-bond acceptors (Lipinski definition) is 6. The van der Waals surface area contributed by atoms with Crippen molar-refractivity contribution < 1.29 is 42.2 Å². The fraction of sp³-hybridized carbons (Fsp3) is 0.375. The lowest BCUT2D eigenvalue weighted by molar-refractivity contribution is -0.141. The zero-order valence-corrected chi connectivity index (χ0v) is 19.3. The Bertz CT molecular complexity index is 1130. The lowest BCUT2D eigenvalue weighted by Crippen LogP contribution is -2.49. The second-order valence-electron chi connectivity index (χ2n) is 8.35. The number of nitrogens with one attached hydrogen (secondary N) is 1. The second kappa shape index (κ2) is 11.6. The van der Waals surface area contributed by atoms with Crippen LogP contribution in [0.3, 0.4) is 0 Å². The van der Waals surface area contributed by atoms with Gasteiger partial charge in [0.15, 0.2) is 23.2 Å². The number of carbonyl (C=O) groups excluding carboxylic acids is 3. The molecule has 12 heteroatoms. The van der Waals surface area contributed by atoms with Crippen LogP contribution in [0.25, 0.3) is 0 Å². The van der Waals surface area contributed by atoms with Gasteiger partial charge >= 0.3 is 5.97 Å². The Labute approximate surface area is 204 Å². The third-order valence-electron chi connectivity index (χ3n) is 5.82. The van der Waals surface area contributed by atoms with Crippen molar-refractivity contribution in [2.24, 2.45) is 5.92 Å². The Morgan fingerprint density at radius 3 is 2.39 bits per heavy atom. The van der Waals surface area contributed by atoms with E-state index in [-0.39, 0.29) is 37.4 Å². The van der Waals surface area contributed by atoms with Crippen LogP contribution >= 0.6 is 0 Å². The maximum absolute atomic E-state index is 14.1. The van der Waals surface area contributed by atoms with Crippen molar-refractivity contribution in [3.8, 4) is 5.75 Å². The van der Waals surface area contributed by atoms with Crippen molar-refractivity contribution in [2.75, 3.05) is 19.7 Å². The van der Waals surface area contributed by atoms with Crippen LogP contribution in [0, 0.1) is 30.3 Å². The number of piperidine rings is 1. The molecule has 1 fully saturated rings. The summed E-state index contributed by atoms with van der Waals surface area (Å²) < 4.78 is 46.4. The van der Waals surface area contributed by atoms with Gasteiger partial charge < -0.3 is 20.1 Å². The van der Waals surface area contributed by atoms with E-state index in [2.05, 4.69) is 10.3 Å². The first-order valence-corrected chi connectivity index (χ1v) is 11.1. The molecule has 0 radical (unpaired) electrons. The van der Waals surface area contributed by atoms with E-state index in [1.807, 2.05) is 0 Å². The summed E-state index contributed by atoms with van der Waals surface area (Å²) >= 11 is 0. The van der Waals surface area contributed by atoms with Crippen LogP contribution in [0.5, 0.6) is 5.75 Å². The van der Waals surface area contributed by atoms with Gasteiger partial charge in [-0.25, -0.2) is 8.78 Å². The van der Waals surface area contributed by atoms with Gasteiger partial charge in [0.1, 0.15) is 12.6 Å². The van der Waals surface area contributed by atoms with Gasteiger partial charge in [-0.15, -0.1) is 0 Å². The molecule has 1 atom stereocenters. The number of likely N-dealkylation sites (tertiary alicyclic amines) is 1. The first-order valence-electron chi connectivity index (χ1n) is 11.1. The van der Waals surface area contributed by atoms with Gasteiger partial charge in [0.2, 0.25) is 11.7 Å². The Hall–Kier alpha value is -3.96. The van der Waals surface area contributed by atoms with Crippen LogP contribution < -0.4 is 10.1 Å². The predicted octanol–water partition coefficient (Wildman–Crippen LogP) is 2.27. The summed E-state index contributed by atoms with van der Waals surface area (Å²) in [4.78, 5) is 54.5. The highest BCUT2D eigenvalue weighted by Crippen LogP contribution is 2.27. The van der Waals surface area contributed by atoms with Crippen molar-refractivity contribution in [3.05, 3.63) is 59.2 Å². The van der Waals surface area contributed by atoms with E-state index >= 15 is 0 Å². The number of ether oxygens (including phenoxy) is 1. The third kappa shape index (κ3) is 6.37. The van der Waals surface area contributed by atoms with Crippen LogP contribution in [0.2, 0.25) is 0 Å². The molecular formula is C24H24F3N3O6. The van der Waals surface area contributed by atoms with Gasteiger partial charge in [-0.1, -0.05) is 0 Å². The number of benzene rings is 1. The minimum atomic E-state index is -1.63. The highest BCUT2D eigenvalue weighted by molar-refractivity contribution is 5.95. The summed E-state index contributed by atoms with van der Waals surface area (Å²) in [7, 11) is 0. The predicted molar refractivity (Wildman–Crippen MR) is 119 cm³/mol. The number of amides is 2. The zero-order chi connectivity index (χ0) is 26.4. The standard InChI is InChI=1S/C24H24F3N3O6/c1-13-10-16(25)21(27)22(20(13)26)36-12-18(31)17(11-19(32)33)29-23(34)14-4-8-30(9-5-14)24(35)15-2-6-28-7-3-15/h2-3,6-7,10,14,17H,4-5,8-9,11-12H2,1H3,(H,29,34)(H,32,33)/t17-/m0/s1. The van der Waals surface area contributed by atoms with E-state index in [9.17, 15) is 32.3 Å². The maximum Gasteiger partial charge on any atom is 0.305 e. The molecule has 0 unspecified atom stereocenters. The fourth-order valence-corrected chi connectivity index (χ4v) is 3.80. The number of rotatable bonds is 9. The first kappa shape index (κ1) is 26.6. The van der Waals surface area contributed by atoms with Gasteiger partial charge in [0.05, 0.1) is 6.42 Å². The smallest absolute Gasteiger partial charge is 0.305 e. The molecule has 2 N–H and O–H groups in total. The molecule has 2 heterocycles. The summed E-state index contributed by atoms with van der Waals surface area (Å²) in [6.45, 7) is 0.735. The minimum absolute atomic E-state index is 0.209. The molecule has 2 aromatic rings. The molecule has 192 valence electrons. The number of aliphatic carboxylic acids is 1. The fourth-order valence-electron chi connectivity index (χ4n) is 3.80. The van der Waals surface area contributed by atoms with Crippen molar-refractivity contribution >= 4 is 23.6 Å². The van der Waals surface area contributed by atoms with E-state index in [0.717, 1.165) is 0 Å². The van der Waals surface area contributed by atoms with Crippen molar-refractivity contribution in [1.29, 1.82) is 0 Å². The zero-order valence-electron chi connectivity index (χ0n) is 19.3. The number of carboxylic acid groups (broad SMARTS) is 1. The molecule has 0 aliphatic carbocycles. The van der Waals surface area contributed by atoms with Crippen molar-refractivity contribution in [3.63, 3.8) is 0 Å². The summed E-state index contributed by atoms with van der Waals surface area (Å²) in [6, 6.07) is 2.25. The van der Waals surface area contributed by atoms with E-state index in [1.165, 1.54) is 19.3 Å². The molecule has 1 aromatic carbocycles. The Balaban J connectivity index is 1.59. The number of aromatic nitrogens is 1. The van der Waals surface area contributed by atoms with Crippen LogP contribution in [0.4, 0.5) is 13.2 Å². The minimum Gasteiger partial charge on any atom is -0.481 e. The molecule has 0 saturated carbocycles. The second-order valence-corrected chi connectivity index (χ2v) is 8.35. The highest BCUT2D eigenvalue weighted by Gasteiger charge is 2.32. The molecular weight excluding hydrogens is 483 g/mol. The summed E-state index contributed by atoms with van der Waals surface area (Å²) in [5, 5.41) is 11.5. The summed E-state index contributed by atoms with van der Waals surface area (Å²) in [5.74, 6) is -9.05. The van der Waals surface area contributed by atoms with E-state index in [0.29, 0.717) is 11.6 Å². The SMILES string of the molecule is Cc1cc(F)c(F)c(OCC(=O)[C@H](CC(=O)O)NC(=O)C2CCN(C(=O)c3ccncc3)CC2)c1F. The van der Waals surface area contributed by atoms with E-state index < -0.39 is 65.8 Å². The Morgan fingerprint density at radius 1 is 1.14 bits per heavy atom. The van der Waals surface area contributed by atoms with Crippen LogP contribution in [-0.4, -0.2) is 64.3 Å². The van der Waals surface area contributed by atoms with Gasteiger partial charge in [-0.2, -0.15) is 4.39 Å². The molecule has 1 aliphatic heterocycles. The topological polar surface area (TPSA) is 126 Å². The number of Topliss-reactive ketones (excluding diaryl/α,β-unsaturated/α-hetero) is 1. The summed E-state index contributed by atoms with van der Waals surface area (Å²) in [6.07, 6.45) is 2.77. The lowest BCUT2D eigenvalue weighted by Gasteiger charge is -2.32. The molecule has 9 nitrogen and oxygen atoms in total. The number of halogens is 3. The van der Waals surface area contributed by atoms with Crippen molar-refractivity contribution in [2.45, 2.75) is 32.2 Å². The maximum atomic E-state index is 14.1. The van der Waals surface area contributed by atoms with Crippen LogP contribution in [-0.2, 0) is 14.4 Å². The van der Waals surface area contributed by atoms with Crippen LogP contribution in [0.1, 0.15) is 35.2 Å². The average molecular weight is 507 g/mol. The van der Waals surface area contributed by atoms with Gasteiger partial charge in [-0.3, -0.25) is 24.2 Å². The largest absolute Gasteiger partial charge is 0.481 e. The number of pyridine rings is 1. The molecule has 2 amide bonds. The van der Waals surface area contributed by atoms with E-state index in [1.54, 1.807) is 17.0 Å². The average Bonchev–Trinajstić information content (AvgIpc) is 2.86. The van der Waals surface area contributed by atoms with Gasteiger partial charge in [0, 0.05) is 37.0 Å². The number of hydrogen-bond donors (Lipinski definition) is 2. The molecule has 3 rings (SSSR count). The molecule has 1 aliphatic rings. The third-order valence-corrected chi connectivity index (χ3v) is 5.82. The quantitative estimate of drug-likeness (QED) is 0.499. The number of carboxylic acids is 1. The van der Waals surface area contributed by atoms with Crippen molar-refractivity contribution in [1.82, 2.24) is 15.2 Å². The van der Waals surface area contributed by atoms with E-state index in [4.69, 9.17) is 9.84 Å². The van der Waals surface area contributed by atoms with Gasteiger partial charge in [0.25, 0.3) is 5.91 Å². The Kier molecular flexibility index (Phi) is 8.62. The molecule has 0 bridgehead atoms. The number of aryl methyl sites for hydroxylation is 1. The number of carbonyl (C=O) groups is 4. The molecule has 1 aromatic heterocycles. The normalized spacial score (nSPS) is 14.7. The molecule has 1 saturated heterocycles. The highest BCUT2D eigenvalue weighted by atomic mass is 19.2. The summed E-state index contributed by atoms with van der Waals surface area (Å²) in [5.41, 5.74) is 0.210. The first-order chi connectivity index (χ1) is 17.1.